The number of carbonyl (C=O) groups is 1. The molecule has 22 heavy (non-hydrogen) atoms. The van der Waals surface area contributed by atoms with Crippen molar-refractivity contribution in [1.82, 2.24) is 4.90 Å². The first-order valence-electron chi connectivity index (χ1n) is 8.10. The van der Waals surface area contributed by atoms with E-state index < -0.39 is 0 Å². The van der Waals surface area contributed by atoms with E-state index in [9.17, 15) is 9.90 Å². The van der Waals surface area contributed by atoms with Crippen LogP contribution < -0.4 is 5.73 Å². The summed E-state index contributed by atoms with van der Waals surface area (Å²) in [5.41, 5.74) is 6.84. The zero-order valence-corrected chi connectivity index (χ0v) is 12.8. The Morgan fingerprint density at radius 3 is 2.45 bits per heavy atom. The highest BCUT2D eigenvalue weighted by atomic mass is 16.5. The van der Waals surface area contributed by atoms with Gasteiger partial charge in [-0.2, -0.15) is 0 Å². The first-order valence-corrected chi connectivity index (χ1v) is 8.10. The van der Waals surface area contributed by atoms with Crippen LogP contribution in [0.2, 0.25) is 0 Å². The van der Waals surface area contributed by atoms with Gasteiger partial charge in [-0.05, 0) is 49.3 Å². The summed E-state index contributed by atoms with van der Waals surface area (Å²) in [5.74, 6) is 0.884. The predicted molar refractivity (Wildman–Crippen MR) is 83.6 cm³/mol. The first-order chi connectivity index (χ1) is 10.7. The third-order valence-corrected chi connectivity index (χ3v) is 4.82. The van der Waals surface area contributed by atoms with Crippen molar-refractivity contribution in [3.8, 4) is 5.75 Å². The fourth-order valence-electron chi connectivity index (χ4n) is 3.44. The fourth-order valence-corrected chi connectivity index (χ4v) is 3.44. The Bertz CT molecular complexity index is 509. The van der Waals surface area contributed by atoms with Crippen LogP contribution in [0.3, 0.4) is 0 Å². The number of rotatable bonds is 3. The molecule has 2 fully saturated rings. The molecule has 0 unspecified atom stereocenters. The largest absolute Gasteiger partial charge is 0.508 e. The number of aromatic hydroxyl groups is 1. The summed E-state index contributed by atoms with van der Waals surface area (Å²) in [6.07, 6.45) is 3.35. The molecule has 120 valence electrons. The van der Waals surface area contributed by atoms with Gasteiger partial charge in [-0.3, -0.25) is 4.79 Å². The lowest BCUT2D eigenvalue weighted by molar-refractivity contribution is -0.143. The van der Waals surface area contributed by atoms with E-state index in [-0.39, 0.29) is 18.1 Å². The number of amides is 1. The molecule has 3 N–H and O–H groups in total. The minimum absolute atomic E-state index is 0.0449. The number of likely N-dealkylation sites (tertiary alicyclic amines) is 1. The molecule has 2 atom stereocenters. The second kappa shape index (κ2) is 6.67. The van der Waals surface area contributed by atoms with Crippen molar-refractivity contribution in [2.45, 2.75) is 43.8 Å². The smallest absolute Gasteiger partial charge is 0.251 e. The van der Waals surface area contributed by atoms with Crippen LogP contribution in [0.15, 0.2) is 24.3 Å². The molecule has 2 heterocycles. The molecule has 0 spiro atoms. The molecule has 0 aromatic heterocycles. The number of phenolic OH excluding ortho intramolecular Hbond substituents is 1. The van der Waals surface area contributed by atoms with Crippen molar-refractivity contribution in [3.05, 3.63) is 29.8 Å². The van der Waals surface area contributed by atoms with Gasteiger partial charge in [-0.1, -0.05) is 12.1 Å². The van der Waals surface area contributed by atoms with Crippen LogP contribution in [-0.4, -0.2) is 47.8 Å². The van der Waals surface area contributed by atoms with Gasteiger partial charge in [-0.15, -0.1) is 0 Å². The van der Waals surface area contributed by atoms with Gasteiger partial charge in [0.1, 0.15) is 11.9 Å². The minimum atomic E-state index is -0.293. The van der Waals surface area contributed by atoms with Gasteiger partial charge in [0, 0.05) is 19.6 Å². The Morgan fingerprint density at radius 2 is 1.86 bits per heavy atom. The van der Waals surface area contributed by atoms with Crippen LogP contribution in [-0.2, 0) is 9.53 Å². The average molecular weight is 304 g/mol. The van der Waals surface area contributed by atoms with Crippen LogP contribution >= 0.6 is 0 Å². The lowest BCUT2D eigenvalue weighted by atomic mass is 9.89. The molecule has 1 aromatic carbocycles. The maximum Gasteiger partial charge on any atom is 0.251 e. The number of hydrogen-bond acceptors (Lipinski definition) is 4. The number of hydrogen-bond donors (Lipinski definition) is 2. The molecule has 1 amide bonds. The van der Waals surface area contributed by atoms with E-state index in [1.807, 2.05) is 17.0 Å². The number of ether oxygens (including phenoxy) is 1. The maximum absolute atomic E-state index is 12.5. The van der Waals surface area contributed by atoms with Gasteiger partial charge in [0.2, 0.25) is 0 Å². The van der Waals surface area contributed by atoms with E-state index >= 15 is 0 Å². The Hall–Kier alpha value is -1.59. The molecule has 0 aliphatic carbocycles. The second-order valence-electron chi connectivity index (χ2n) is 6.25. The quantitative estimate of drug-likeness (QED) is 0.889. The minimum Gasteiger partial charge on any atom is -0.508 e. The molecule has 2 aliphatic rings. The van der Waals surface area contributed by atoms with Crippen LogP contribution in [0.5, 0.6) is 5.75 Å². The van der Waals surface area contributed by atoms with Crippen LogP contribution in [0.1, 0.15) is 37.2 Å². The number of piperidine rings is 1. The van der Waals surface area contributed by atoms with Crippen LogP contribution in [0, 0.1) is 0 Å². The van der Waals surface area contributed by atoms with Crippen molar-refractivity contribution in [1.29, 1.82) is 0 Å². The topological polar surface area (TPSA) is 75.8 Å². The van der Waals surface area contributed by atoms with Crippen LogP contribution in [0.25, 0.3) is 0 Å². The van der Waals surface area contributed by atoms with Gasteiger partial charge in [0.25, 0.3) is 5.91 Å². The summed E-state index contributed by atoms with van der Waals surface area (Å²) in [4.78, 5) is 14.4. The van der Waals surface area contributed by atoms with Crippen molar-refractivity contribution in [2.75, 3.05) is 19.6 Å². The summed E-state index contributed by atoms with van der Waals surface area (Å²) >= 11 is 0. The molecule has 2 saturated heterocycles. The van der Waals surface area contributed by atoms with Gasteiger partial charge >= 0.3 is 0 Å². The molecular weight excluding hydrogens is 280 g/mol. The van der Waals surface area contributed by atoms with Gasteiger partial charge in [-0.25, -0.2) is 0 Å². The van der Waals surface area contributed by atoms with E-state index in [4.69, 9.17) is 10.5 Å². The number of carbonyl (C=O) groups excluding carboxylic acids is 1. The summed E-state index contributed by atoms with van der Waals surface area (Å²) in [7, 11) is 0. The molecule has 1 aromatic rings. The zero-order chi connectivity index (χ0) is 15.5. The summed E-state index contributed by atoms with van der Waals surface area (Å²) in [6.45, 7) is 2.04. The molecule has 0 saturated carbocycles. The van der Waals surface area contributed by atoms with E-state index in [0.717, 1.165) is 38.8 Å². The lowest BCUT2D eigenvalue weighted by Crippen LogP contribution is -2.43. The van der Waals surface area contributed by atoms with Crippen molar-refractivity contribution in [2.24, 2.45) is 5.73 Å². The Labute approximate surface area is 131 Å². The second-order valence-corrected chi connectivity index (χ2v) is 6.25. The first kappa shape index (κ1) is 15.3. The van der Waals surface area contributed by atoms with Crippen molar-refractivity contribution < 1.29 is 14.6 Å². The highest BCUT2D eigenvalue weighted by Gasteiger charge is 2.34. The standard InChI is InChI=1S/C17H24N2O3/c18-11-15-5-6-16(22-15)17(21)19-9-7-13(8-10-19)12-1-3-14(20)4-2-12/h1-4,13,15-16,20H,5-11,18H2/t15-,16+/m1/s1. The van der Waals surface area contributed by atoms with Crippen molar-refractivity contribution >= 4 is 5.91 Å². The predicted octanol–water partition coefficient (Wildman–Crippen LogP) is 1.60. The summed E-state index contributed by atoms with van der Waals surface area (Å²) in [5, 5.41) is 9.36. The van der Waals surface area contributed by atoms with Gasteiger partial charge < -0.3 is 20.5 Å². The van der Waals surface area contributed by atoms with E-state index in [1.165, 1.54) is 5.56 Å². The number of nitrogens with zero attached hydrogens (tertiary/aromatic N) is 1. The number of phenols is 1. The highest BCUT2D eigenvalue weighted by Crippen LogP contribution is 2.30. The Balaban J connectivity index is 1.53. The Kier molecular flexibility index (Phi) is 4.64. The van der Waals surface area contributed by atoms with Gasteiger partial charge in [0.15, 0.2) is 0 Å². The number of nitrogens with two attached hydrogens (primary N) is 1. The van der Waals surface area contributed by atoms with E-state index in [0.29, 0.717) is 18.2 Å². The molecule has 3 rings (SSSR count). The fraction of sp³-hybridized carbons (Fsp3) is 0.588. The third kappa shape index (κ3) is 3.25. The third-order valence-electron chi connectivity index (χ3n) is 4.82. The number of benzene rings is 1. The monoisotopic (exact) mass is 304 g/mol. The normalized spacial score (nSPS) is 26.3. The van der Waals surface area contributed by atoms with E-state index in [2.05, 4.69) is 0 Å². The molecule has 0 bridgehead atoms. The molecule has 0 radical (unpaired) electrons. The molecule has 5 nitrogen and oxygen atoms in total. The average Bonchev–Trinajstić information content (AvgIpc) is 3.04. The summed E-state index contributed by atoms with van der Waals surface area (Å²) < 4.78 is 5.71. The van der Waals surface area contributed by atoms with Gasteiger partial charge in [0.05, 0.1) is 6.10 Å². The maximum atomic E-state index is 12.5. The van der Waals surface area contributed by atoms with Crippen molar-refractivity contribution in [3.63, 3.8) is 0 Å². The van der Waals surface area contributed by atoms with E-state index in [1.54, 1.807) is 12.1 Å². The SMILES string of the molecule is NC[C@H]1CC[C@@H](C(=O)N2CCC(c3ccc(O)cc3)CC2)O1. The lowest BCUT2D eigenvalue weighted by Gasteiger charge is -2.33. The zero-order valence-electron chi connectivity index (χ0n) is 12.8. The Morgan fingerprint density at radius 1 is 1.18 bits per heavy atom. The molecular formula is C17H24N2O3. The highest BCUT2D eigenvalue weighted by molar-refractivity contribution is 5.81. The summed E-state index contributed by atoms with van der Waals surface area (Å²) in [6, 6.07) is 7.41. The van der Waals surface area contributed by atoms with Crippen LogP contribution in [0.4, 0.5) is 0 Å². The molecule has 5 heteroatoms. The molecule has 2 aliphatic heterocycles.